The molecule has 0 aliphatic carbocycles. The topological polar surface area (TPSA) is 101 Å². The molecule has 1 aromatic carbocycles. The number of rotatable bonds is 5. The van der Waals surface area contributed by atoms with Crippen LogP contribution >= 0.6 is 11.8 Å². The van der Waals surface area contributed by atoms with Gasteiger partial charge in [-0.25, -0.2) is 13.2 Å². The minimum absolute atomic E-state index is 0.0411. The first-order valence-electron chi connectivity index (χ1n) is 5.76. The highest BCUT2D eigenvalue weighted by Gasteiger charge is 2.18. The third-order valence-electron chi connectivity index (χ3n) is 2.68. The van der Waals surface area contributed by atoms with Crippen molar-refractivity contribution in [2.24, 2.45) is 7.05 Å². The molecule has 1 aromatic heterocycles. The van der Waals surface area contributed by atoms with Gasteiger partial charge in [-0.2, -0.15) is 5.10 Å². The van der Waals surface area contributed by atoms with E-state index in [0.29, 0.717) is 10.6 Å². The fraction of sp³-hybridized carbons (Fsp3) is 0.167. The van der Waals surface area contributed by atoms with E-state index in [1.165, 1.54) is 47.0 Å². The van der Waals surface area contributed by atoms with Gasteiger partial charge in [-0.05, 0) is 24.5 Å². The molecule has 0 amide bonds. The monoisotopic (exact) mass is 327 g/mol. The van der Waals surface area contributed by atoms with Crippen LogP contribution in [0.5, 0.6) is 0 Å². The van der Waals surface area contributed by atoms with Gasteiger partial charge in [0.15, 0.2) is 0 Å². The lowest BCUT2D eigenvalue weighted by Gasteiger charge is -2.11. The van der Waals surface area contributed by atoms with Gasteiger partial charge in [0.1, 0.15) is 4.90 Å². The van der Waals surface area contributed by atoms with E-state index < -0.39 is 16.0 Å². The standard InChI is InChI=1S/C12H13N3O4S2/c1-15-7-9(6-13-15)21(18,19)14-10-4-3-8(12(16)17)5-11(10)20-2/h3-7,14H,1-2H3,(H,16,17). The number of carbonyl (C=O) groups is 1. The smallest absolute Gasteiger partial charge is 0.335 e. The van der Waals surface area contributed by atoms with Gasteiger partial charge in [-0.1, -0.05) is 0 Å². The predicted octanol–water partition coefficient (Wildman–Crippen LogP) is 1.64. The van der Waals surface area contributed by atoms with Gasteiger partial charge in [0.05, 0.1) is 17.4 Å². The van der Waals surface area contributed by atoms with Crippen molar-refractivity contribution in [1.82, 2.24) is 9.78 Å². The molecule has 0 saturated carbocycles. The highest BCUT2D eigenvalue weighted by Crippen LogP contribution is 2.28. The largest absolute Gasteiger partial charge is 0.478 e. The molecular formula is C12H13N3O4S2. The molecule has 0 aliphatic heterocycles. The Balaban J connectivity index is 2.37. The highest BCUT2D eigenvalue weighted by atomic mass is 32.2. The molecule has 0 fully saturated rings. The molecule has 7 nitrogen and oxygen atoms in total. The lowest BCUT2D eigenvalue weighted by atomic mass is 10.2. The molecule has 0 saturated heterocycles. The number of benzene rings is 1. The molecule has 0 unspecified atom stereocenters. The van der Waals surface area contributed by atoms with Gasteiger partial charge >= 0.3 is 5.97 Å². The number of sulfonamides is 1. The number of thioether (sulfide) groups is 1. The number of carboxylic acids is 1. The van der Waals surface area contributed by atoms with Gasteiger partial charge in [0.2, 0.25) is 0 Å². The zero-order chi connectivity index (χ0) is 15.6. The van der Waals surface area contributed by atoms with Crippen molar-refractivity contribution in [3.05, 3.63) is 36.2 Å². The number of nitrogens with zero attached hydrogens (tertiary/aromatic N) is 2. The number of hydrogen-bond acceptors (Lipinski definition) is 5. The highest BCUT2D eigenvalue weighted by molar-refractivity contribution is 7.99. The van der Waals surface area contributed by atoms with Crippen molar-refractivity contribution in [2.45, 2.75) is 9.79 Å². The van der Waals surface area contributed by atoms with Crippen molar-refractivity contribution in [2.75, 3.05) is 11.0 Å². The quantitative estimate of drug-likeness (QED) is 0.810. The van der Waals surface area contributed by atoms with E-state index >= 15 is 0 Å². The predicted molar refractivity (Wildman–Crippen MR) is 79.2 cm³/mol. The lowest BCUT2D eigenvalue weighted by molar-refractivity contribution is 0.0696. The van der Waals surface area contributed by atoms with Crippen molar-refractivity contribution < 1.29 is 18.3 Å². The molecule has 21 heavy (non-hydrogen) atoms. The average molecular weight is 327 g/mol. The van der Waals surface area contributed by atoms with Crippen molar-refractivity contribution >= 4 is 33.4 Å². The minimum Gasteiger partial charge on any atom is -0.478 e. The maximum Gasteiger partial charge on any atom is 0.335 e. The number of nitrogens with one attached hydrogen (secondary N) is 1. The summed E-state index contributed by atoms with van der Waals surface area (Å²) in [6.07, 6.45) is 4.36. The van der Waals surface area contributed by atoms with E-state index in [2.05, 4.69) is 9.82 Å². The summed E-state index contributed by atoms with van der Waals surface area (Å²) in [7, 11) is -2.13. The number of aryl methyl sites for hydroxylation is 1. The second-order valence-corrected chi connectivity index (χ2v) is 6.71. The molecular weight excluding hydrogens is 314 g/mol. The van der Waals surface area contributed by atoms with Crippen LogP contribution in [0.25, 0.3) is 0 Å². The molecule has 0 spiro atoms. The summed E-state index contributed by atoms with van der Waals surface area (Å²) < 4.78 is 28.2. The molecule has 0 aliphatic rings. The van der Waals surface area contributed by atoms with Crippen LogP contribution in [0.3, 0.4) is 0 Å². The first-order chi connectivity index (χ1) is 9.83. The van der Waals surface area contributed by atoms with Crippen LogP contribution in [0, 0.1) is 0 Å². The summed E-state index contributed by atoms with van der Waals surface area (Å²) in [5.41, 5.74) is 0.431. The van der Waals surface area contributed by atoms with E-state index in [0.717, 1.165) is 0 Å². The molecule has 2 rings (SSSR count). The van der Waals surface area contributed by atoms with E-state index in [9.17, 15) is 13.2 Å². The van der Waals surface area contributed by atoms with Crippen LogP contribution in [0.2, 0.25) is 0 Å². The van der Waals surface area contributed by atoms with Crippen molar-refractivity contribution in [1.29, 1.82) is 0 Å². The summed E-state index contributed by atoms with van der Waals surface area (Å²) in [5.74, 6) is -1.06. The molecule has 0 bridgehead atoms. The van der Waals surface area contributed by atoms with Crippen LogP contribution in [-0.2, 0) is 17.1 Å². The number of aromatic carboxylic acids is 1. The Morgan fingerprint density at radius 1 is 1.43 bits per heavy atom. The third-order valence-corrected chi connectivity index (χ3v) is 4.78. The van der Waals surface area contributed by atoms with Crippen LogP contribution in [0.1, 0.15) is 10.4 Å². The third kappa shape index (κ3) is 3.37. The Kier molecular flexibility index (Phi) is 4.24. The Labute approximate surface area is 126 Å². The molecule has 2 N–H and O–H groups in total. The summed E-state index contributed by atoms with van der Waals surface area (Å²) >= 11 is 1.26. The lowest BCUT2D eigenvalue weighted by Crippen LogP contribution is -2.13. The summed E-state index contributed by atoms with van der Waals surface area (Å²) in [5, 5.41) is 12.8. The summed E-state index contributed by atoms with van der Waals surface area (Å²) in [6.45, 7) is 0. The summed E-state index contributed by atoms with van der Waals surface area (Å²) in [6, 6.07) is 4.21. The Bertz CT molecular complexity index is 784. The van der Waals surface area contributed by atoms with Crippen molar-refractivity contribution in [3.8, 4) is 0 Å². The first kappa shape index (κ1) is 15.4. The van der Waals surface area contributed by atoms with E-state index in [1.807, 2.05) is 0 Å². The number of anilines is 1. The van der Waals surface area contributed by atoms with Crippen LogP contribution in [0.15, 0.2) is 40.4 Å². The number of carboxylic acid groups (broad SMARTS) is 1. The SMILES string of the molecule is CSc1cc(C(=O)O)ccc1NS(=O)(=O)c1cnn(C)c1. The average Bonchev–Trinajstić information content (AvgIpc) is 2.86. The van der Waals surface area contributed by atoms with E-state index in [4.69, 9.17) is 5.11 Å². The van der Waals surface area contributed by atoms with Crippen LogP contribution in [0.4, 0.5) is 5.69 Å². The Morgan fingerprint density at radius 3 is 2.67 bits per heavy atom. The van der Waals surface area contributed by atoms with Crippen LogP contribution < -0.4 is 4.72 Å². The number of aromatic nitrogens is 2. The normalized spacial score (nSPS) is 11.3. The van der Waals surface area contributed by atoms with Crippen LogP contribution in [-0.4, -0.2) is 35.5 Å². The number of hydrogen-bond donors (Lipinski definition) is 2. The van der Waals surface area contributed by atoms with E-state index in [-0.39, 0.29) is 10.5 Å². The summed E-state index contributed by atoms with van der Waals surface area (Å²) in [4.78, 5) is 11.5. The maximum absolute atomic E-state index is 12.2. The first-order valence-corrected chi connectivity index (χ1v) is 8.47. The molecule has 0 atom stereocenters. The van der Waals surface area contributed by atoms with Gasteiger partial charge in [-0.15, -0.1) is 11.8 Å². The zero-order valence-electron chi connectivity index (χ0n) is 11.3. The van der Waals surface area contributed by atoms with Gasteiger partial charge in [0.25, 0.3) is 10.0 Å². The Morgan fingerprint density at radius 2 is 2.14 bits per heavy atom. The van der Waals surface area contributed by atoms with Gasteiger partial charge in [0, 0.05) is 18.1 Å². The fourth-order valence-electron chi connectivity index (χ4n) is 1.65. The van der Waals surface area contributed by atoms with E-state index in [1.54, 1.807) is 13.3 Å². The Hall–Kier alpha value is -2.00. The molecule has 1 heterocycles. The molecule has 112 valence electrons. The zero-order valence-corrected chi connectivity index (χ0v) is 12.9. The molecule has 2 aromatic rings. The molecule has 9 heteroatoms. The van der Waals surface area contributed by atoms with Gasteiger partial charge in [-0.3, -0.25) is 9.40 Å². The second-order valence-electron chi connectivity index (χ2n) is 4.18. The fourth-order valence-corrected chi connectivity index (χ4v) is 3.36. The maximum atomic E-state index is 12.2. The van der Waals surface area contributed by atoms with Gasteiger partial charge < -0.3 is 5.11 Å². The minimum atomic E-state index is -3.75. The molecule has 0 radical (unpaired) electrons. The van der Waals surface area contributed by atoms with Crippen molar-refractivity contribution in [3.63, 3.8) is 0 Å². The second kappa shape index (κ2) is 5.78.